The molecule has 1 N–H and O–H groups in total. The third-order valence-corrected chi connectivity index (χ3v) is 0.818. The zero-order valence-corrected chi connectivity index (χ0v) is 4.88. The zero-order chi connectivity index (χ0) is 8.15. The van der Waals surface area contributed by atoms with Gasteiger partial charge in [0.1, 0.15) is 1.37 Å². The van der Waals surface area contributed by atoms with Crippen molar-refractivity contribution in [3.05, 3.63) is 0 Å². The Morgan fingerprint density at radius 1 is 1.78 bits per heavy atom. The fourth-order valence-electron chi connectivity index (χ4n) is 0.262. The lowest BCUT2D eigenvalue weighted by atomic mass is 10.2. The van der Waals surface area contributed by atoms with Crippen molar-refractivity contribution in [2.75, 3.05) is 0 Å². The first-order chi connectivity index (χ1) is 4.57. The van der Waals surface area contributed by atoms with Crippen LogP contribution in [0, 0.1) is 0 Å². The Labute approximate surface area is 53.6 Å². The van der Waals surface area contributed by atoms with Gasteiger partial charge < -0.3 is 5.32 Å². The van der Waals surface area contributed by atoms with Gasteiger partial charge in [-0.15, -0.1) is 0 Å². The van der Waals surface area contributed by atoms with Gasteiger partial charge >= 0.3 is 0 Å². The molecule has 0 saturated heterocycles. The Bertz CT molecular complexity index is 168. The van der Waals surface area contributed by atoms with E-state index in [9.17, 15) is 14.4 Å². The van der Waals surface area contributed by atoms with Crippen LogP contribution < -0.4 is 5.32 Å². The van der Waals surface area contributed by atoms with Crippen LogP contribution in [-0.4, -0.2) is 24.5 Å². The largest absolute Gasteiger partial charge is 0.349 e. The van der Waals surface area contributed by atoms with E-state index in [-0.39, 0.29) is 6.29 Å². The van der Waals surface area contributed by atoms with Crippen molar-refractivity contribution in [3.63, 3.8) is 0 Å². The number of rotatable bonds is 3. The van der Waals surface area contributed by atoms with Gasteiger partial charge in [0.2, 0.25) is 12.2 Å². The second-order valence-corrected chi connectivity index (χ2v) is 1.49. The van der Waals surface area contributed by atoms with Crippen LogP contribution in [0.5, 0.6) is 0 Å². The van der Waals surface area contributed by atoms with Gasteiger partial charge in [-0.05, 0) is 6.92 Å². The summed E-state index contributed by atoms with van der Waals surface area (Å²) in [5.74, 6) is -0.736. The van der Waals surface area contributed by atoms with E-state index in [1.165, 1.54) is 6.92 Å². The first-order valence-corrected chi connectivity index (χ1v) is 2.34. The molecular weight excluding hydrogens is 122 g/mol. The van der Waals surface area contributed by atoms with Crippen LogP contribution in [0.2, 0.25) is 0 Å². The Morgan fingerprint density at radius 2 is 2.33 bits per heavy atom. The number of amides is 1. The molecule has 0 fully saturated rings. The average molecular weight is 130 g/mol. The molecule has 0 heterocycles. The summed E-state index contributed by atoms with van der Waals surface area (Å²) in [6, 6.07) is -0.887. The lowest BCUT2D eigenvalue weighted by molar-refractivity contribution is -0.131. The smallest absolute Gasteiger partial charge is 0.217 e. The molecule has 9 heavy (non-hydrogen) atoms. The normalized spacial score (nSPS) is 13.2. The molecule has 1 atom stereocenters. The lowest BCUT2D eigenvalue weighted by Crippen LogP contribution is -2.33. The Kier molecular flexibility index (Phi) is 2.49. The second kappa shape index (κ2) is 3.77. The van der Waals surface area contributed by atoms with Crippen LogP contribution in [0.15, 0.2) is 0 Å². The van der Waals surface area contributed by atoms with E-state index >= 15 is 0 Å². The molecule has 0 saturated carbocycles. The van der Waals surface area contributed by atoms with Gasteiger partial charge in [-0.3, -0.25) is 14.4 Å². The topological polar surface area (TPSA) is 63.2 Å². The van der Waals surface area contributed by atoms with Crippen LogP contribution in [0.3, 0.4) is 0 Å². The van der Waals surface area contributed by atoms with Crippen LogP contribution in [-0.2, 0) is 14.4 Å². The van der Waals surface area contributed by atoms with E-state index < -0.39 is 18.2 Å². The third kappa shape index (κ3) is 2.58. The second-order valence-electron chi connectivity index (χ2n) is 1.49. The number of carbonyl (C=O) groups excluding carboxylic acids is 3. The van der Waals surface area contributed by atoms with Gasteiger partial charge in [0.25, 0.3) is 0 Å². The maximum Gasteiger partial charge on any atom is 0.217 e. The molecule has 0 aromatic carbocycles. The molecule has 0 radical (unpaired) electrons. The van der Waals surface area contributed by atoms with E-state index in [0.29, 0.717) is 0 Å². The molecule has 1 amide bonds. The highest BCUT2D eigenvalue weighted by Gasteiger charge is 2.08. The van der Waals surface area contributed by atoms with Crippen molar-refractivity contribution < 1.29 is 15.8 Å². The molecule has 0 spiro atoms. The summed E-state index contributed by atoms with van der Waals surface area (Å²) in [6.07, 6.45) is -0.955. The highest BCUT2D eigenvalue weighted by Crippen LogP contribution is 1.76. The average Bonchev–Trinajstić information content (AvgIpc) is 1.85. The van der Waals surface area contributed by atoms with E-state index in [1.54, 1.807) is 0 Å². The summed E-state index contributed by atoms with van der Waals surface area (Å²) < 4.78 is 6.36. The number of hydrogen-bond acceptors (Lipinski definition) is 3. The summed E-state index contributed by atoms with van der Waals surface area (Å²) in [5.41, 5.74) is 0. The molecule has 0 rings (SSSR count). The van der Waals surface area contributed by atoms with Crippen molar-refractivity contribution in [1.82, 2.24) is 5.32 Å². The highest BCUT2D eigenvalue weighted by atomic mass is 16.2. The summed E-state index contributed by atoms with van der Waals surface area (Å²) in [4.78, 5) is 30.1. The number of ketones is 1. The van der Waals surface area contributed by atoms with Crippen LogP contribution >= 0.6 is 0 Å². The van der Waals surface area contributed by atoms with E-state index in [4.69, 9.17) is 1.37 Å². The van der Waals surface area contributed by atoms with Crippen molar-refractivity contribution in [2.24, 2.45) is 0 Å². The predicted octanol–water partition coefficient (Wildman–Crippen LogP) is -1.11. The van der Waals surface area contributed by atoms with Crippen LogP contribution in [0.25, 0.3) is 0 Å². The van der Waals surface area contributed by atoms with Crippen LogP contribution in [0.1, 0.15) is 8.29 Å². The van der Waals surface area contributed by atoms with Crippen molar-refractivity contribution >= 4 is 18.5 Å². The van der Waals surface area contributed by atoms with Crippen molar-refractivity contribution in [3.8, 4) is 0 Å². The molecule has 50 valence electrons. The molecule has 1 unspecified atom stereocenters. The Morgan fingerprint density at radius 3 is 2.67 bits per heavy atom. The first kappa shape index (κ1) is 5.94. The number of aldehydes is 1. The standard InChI is InChI=1S/C5H7NO3/c1-4(6-3-8)5(9)2-7/h2-4H,1H3,(H,6,8)/i3D. The molecule has 0 aromatic rings. The van der Waals surface area contributed by atoms with Crippen molar-refractivity contribution in [1.29, 1.82) is 0 Å². The van der Waals surface area contributed by atoms with Crippen molar-refractivity contribution in [2.45, 2.75) is 13.0 Å². The maximum atomic E-state index is 10.4. The quantitative estimate of drug-likeness (QED) is 0.389. The van der Waals surface area contributed by atoms with Gasteiger partial charge in [0, 0.05) is 0 Å². The van der Waals surface area contributed by atoms with Gasteiger partial charge in [-0.1, -0.05) is 0 Å². The molecule has 0 aliphatic carbocycles. The molecular formula is C5H7NO3. The van der Waals surface area contributed by atoms with Crippen LogP contribution in [0.4, 0.5) is 0 Å². The number of hydrogen-bond donors (Lipinski definition) is 1. The monoisotopic (exact) mass is 130 g/mol. The summed E-state index contributed by atoms with van der Waals surface area (Å²) in [6.45, 7) is 1.34. The van der Waals surface area contributed by atoms with Gasteiger partial charge in [0.15, 0.2) is 6.29 Å². The molecule has 0 bridgehead atoms. The first-order valence-electron chi connectivity index (χ1n) is 2.84. The minimum absolute atomic E-state index is 0.112. The number of carbonyl (C=O) groups is 3. The highest BCUT2D eigenvalue weighted by molar-refractivity contribution is 6.27. The van der Waals surface area contributed by atoms with Gasteiger partial charge in [-0.25, -0.2) is 0 Å². The van der Waals surface area contributed by atoms with E-state index in [2.05, 4.69) is 0 Å². The zero-order valence-electron chi connectivity index (χ0n) is 5.88. The summed E-state index contributed by atoms with van der Waals surface area (Å²) in [5, 5.41) is 1.94. The fourth-order valence-corrected chi connectivity index (χ4v) is 0.262. The maximum absolute atomic E-state index is 10.4. The summed E-state index contributed by atoms with van der Waals surface area (Å²) in [7, 11) is 0. The number of nitrogens with one attached hydrogen (secondary N) is 1. The molecule has 4 nitrogen and oxygen atoms in total. The summed E-state index contributed by atoms with van der Waals surface area (Å²) >= 11 is 0. The van der Waals surface area contributed by atoms with Gasteiger partial charge in [0.05, 0.1) is 6.04 Å². The third-order valence-electron chi connectivity index (χ3n) is 0.818. The Hall–Kier alpha value is -1.19. The molecule has 0 aliphatic rings. The SMILES string of the molecule is [2H]C(=O)NC(C)C(=O)C=O. The molecule has 4 heteroatoms. The minimum Gasteiger partial charge on any atom is -0.349 e. The molecule has 0 aliphatic heterocycles. The van der Waals surface area contributed by atoms with Gasteiger partial charge in [-0.2, -0.15) is 0 Å². The minimum atomic E-state index is -1.07. The Balaban J connectivity index is 3.84. The van der Waals surface area contributed by atoms with E-state index in [0.717, 1.165) is 0 Å². The number of Topliss-reactive ketones (excluding diaryl/α,β-unsaturated/α-hetero) is 1. The molecule has 0 aromatic heterocycles. The lowest BCUT2D eigenvalue weighted by Gasteiger charge is -2.01. The fraction of sp³-hybridized carbons (Fsp3) is 0.400. The van der Waals surface area contributed by atoms with E-state index in [1.807, 2.05) is 5.32 Å². The predicted molar refractivity (Wildman–Crippen MR) is 29.7 cm³/mol.